The Morgan fingerprint density at radius 1 is 1.20 bits per heavy atom. The molecule has 2 rings (SSSR count). The van der Waals surface area contributed by atoms with Crippen molar-refractivity contribution in [2.24, 2.45) is 5.92 Å². The highest BCUT2D eigenvalue weighted by atomic mass is 16.6. The lowest BCUT2D eigenvalue weighted by Crippen LogP contribution is -2.49. The summed E-state index contributed by atoms with van der Waals surface area (Å²) in [4.78, 5) is 26.0. The van der Waals surface area contributed by atoms with Crippen molar-refractivity contribution in [3.05, 3.63) is 35.9 Å². The minimum absolute atomic E-state index is 0.0101. The highest BCUT2D eigenvalue weighted by Gasteiger charge is 2.46. The van der Waals surface area contributed by atoms with Gasteiger partial charge in [-0.1, -0.05) is 30.3 Å². The first-order valence-corrected chi connectivity index (χ1v) is 8.65. The highest BCUT2D eigenvalue weighted by Crippen LogP contribution is 2.27. The van der Waals surface area contributed by atoms with Gasteiger partial charge in [-0.25, -0.2) is 9.59 Å². The van der Waals surface area contributed by atoms with Crippen molar-refractivity contribution >= 4 is 11.9 Å². The second-order valence-electron chi connectivity index (χ2n) is 6.61. The number of likely N-dealkylation sites (tertiary alicyclic amines) is 1. The summed E-state index contributed by atoms with van der Waals surface area (Å²) in [6.07, 6.45) is 2.65. The average molecular weight is 349 g/mol. The third kappa shape index (κ3) is 5.03. The van der Waals surface area contributed by atoms with Crippen molar-refractivity contribution in [2.75, 3.05) is 27.3 Å². The van der Waals surface area contributed by atoms with Crippen molar-refractivity contribution < 1.29 is 24.2 Å². The number of hydrogen-bond acceptors (Lipinski definition) is 6. The summed E-state index contributed by atoms with van der Waals surface area (Å²) in [5.74, 6) is -1.61. The van der Waals surface area contributed by atoms with Gasteiger partial charge in [-0.3, -0.25) is 4.90 Å². The molecule has 0 spiro atoms. The zero-order valence-corrected chi connectivity index (χ0v) is 14.9. The summed E-state index contributed by atoms with van der Waals surface area (Å²) in [5.41, 5.74) is -0.950. The zero-order valence-electron chi connectivity index (χ0n) is 14.9. The van der Waals surface area contributed by atoms with E-state index in [0.29, 0.717) is 12.3 Å². The van der Waals surface area contributed by atoms with Crippen molar-refractivity contribution in [1.82, 2.24) is 4.90 Å². The van der Waals surface area contributed by atoms with Crippen LogP contribution in [-0.2, 0) is 25.6 Å². The number of esters is 2. The van der Waals surface area contributed by atoms with Crippen molar-refractivity contribution in [2.45, 2.75) is 37.8 Å². The molecule has 1 saturated heterocycles. The molecule has 1 atom stereocenters. The molecule has 1 aromatic rings. The molecule has 1 fully saturated rings. The molecule has 1 N–H and O–H groups in total. The van der Waals surface area contributed by atoms with Gasteiger partial charge in [0.2, 0.25) is 0 Å². The number of aliphatic hydroxyl groups is 1. The Bertz CT molecular complexity index is 558. The average Bonchev–Trinajstić information content (AvgIpc) is 2.65. The quantitative estimate of drug-likeness (QED) is 0.597. The number of benzene rings is 1. The van der Waals surface area contributed by atoms with Gasteiger partial charge < -0.3 is 14.6 Å². The smallest absolute Gasteiger partial charge is 0.349 e. The van der Waals surface area contributed by atoms with E-state index in [0.717, 1.165) is 46.7 Å². The fourth-order valence-corrected chi connectivity index (χ4v) is 3.41. The summed E-state index contributed by atoms with van der Waals surface area (Å²) >= 11 is 0. The SMILES string of the molecule is COC(=O)C(O)(CC[C@@H]1CCCN(Cc2ccccc2)C1)C(=O)OC. The molecule has 0 amide bonds. The molecule has 0 aromatic heterocycles. The maximum absolute atomic E-state index is 11.8. The van der Waals surface area contributed by atoms with E-state index in [2.05, 4.69) is 26.5 Å². The molecule has 6 nitrogen and oxygen atoms in total. The fourth-order valence-electron chi connectivity index (χ4n) is 3.41. The maximum Gasteiger partial charge on any atom is 0.349 e. The molecule has 0 aliphatic carbocycles. The minimum Gasteiger partial charge on any atom is -0.466 e. The number of nitrogens with zero attached hydrogens (tertiary/aromatic N) is 1. The Morgan fingerprint density at radius 2 is 1.84 bits per heavy atom. The number of carbonyl (C=O) groups excluding carboxylic acids is 2. The Morgan fingerprint density at radius 3 is 2.44 bits per heavy atom. The number of methoxy groups -OCH3 is 2. The lowest BCUT2D eigenvalue weighted by Gasteiger charge is -2.34. The maximum atomic E-state index is 11.8. The molecule has 1 aromatic carbocycles. The molecule has 25 heavy (non-hydrogen) atoms. The minimum atomic E-state index is -2.22. The molecule has 6 heteroatoms. The lowest BCUT2D eigenvalue weighted by atomic mass is 9.87. The van der Waals surface area contributed by atoms with Crippen LogP contribution in [0.5, 0.6) is 0 Å². The number of ether oxygens (including phenoxy) is 2. The van der Waals surface area contributed by atoms with Crippen LogP contribution in [0.3, 0.4) is 0 Å². The molecule has 0 radical (unpaired) electrons. The van der Waals surface area contributed by atoms with Crippen LogP contribution in [0.1, 0.15) is 31.2 Å². The molecule has 0 saturated carbocycles. The van der Waals surface area contributed by atoms with E-state index in [1.54, 1.807) is 0 Å². The molecule has 1 aliphatic rings. The van der Waals surface area contributed by atoms with Gasteiger partial charge in [-0.15, -0.1) is 0 Å². The molecular formula is C19H27NO5. The van der Waals surface area contributed by atoms with Gasteiger partial charge in [0.25, 0.3) is 5.60 Å². The predicted molar refractivity (Wildman–Crippen MR) is 92.7 cm³/mol. The summed E-state index contributed by atoms with van der Waals surface area (Å²) in [6.45, 7) is 2.80. The highest BCUT2D eigenvalue weighted by molar-refractivity contribution is 6.03. The number of piperidine rings is 1. The van der Waals surface area contributed by atoms with E-state index in [9.17, 15) is 14.7 Å². The van der Waals surface area contributed by atoms with E-state index in [1.165, 1.54) is 5.56 Å². The monoisotopic (exact) mass is 349 g/mol. The van der Waals surface area contributed by atoms with Crippen LogP contribution in [0.15, 0.2) is 30.3 Å². The third-order valence-corrected chi connectivity index (χ3v) is 4.81. The van der Waals surface area contributed by atoms with E-state index in [4.69, 9.17) is 0 Å². The van der Waals surface area contributed by atoms with Crippen LogP contribution >= 0.6 is 0 Å². The number of hydrogen-bond donors (Lipinski definition) is 1. The molecule has 1 heterocycles. The summed E-state index contributed by atoms with van der Waals surface area (Å²) in [6, 6.07) is 10.3. The molecule has 0 unspecified atom stereocenters. The largest absolute Gasteiger partial charge is 0.466 e. The van der Waals surface area contributed by atoms with Gasteiger partial charge in [-0.05, 0) is 43.7 Å². The lowest BCUT2D eigenvalue weighted by molar-refractivity contribution is -0.181. The van der Waals surface area contributed by atoms with Gasteiger partial charge in [0, 0.05) is 13.1 Å². The van der Waals surface area contributed by atoms with Crippen molar-refractivity contribution in [1.29, 1.82) is 0 Å². The van der Waals surface area contributed by atoms with E-state index in [-0.39, 0.29) is 6.42 Å². The Kier molecular flexibility index (Phi) is 6.96. The van der Waals surface area contributed by atoms with E-state index >= 15 is 0 Å². The molecular weight excluding hydrogens is 322 g/mol. The van der Waals surface area contributed by atoms with Crippen LogP contribution in [0, 0.1) is 5.92 Å². The summed E-state index contributed by atoms with van der Waals surface area (Å²) in [5, 5.41) is 10.4. The predicted octanol–water partition coefficient (Wildman–Crippen LogP) is 1.76. The first-order chi connectivity index (χ1) is 12.0. The Balaban J connectivity index is 1.92. The van der Waals surface area contributed by atoms with Crippen LogP contribution in [0.25, 0.3) is 0 Å². The van der Waals surface area contributed by atoms with Gasteiger partial charge in [0.05, 0.1) is 14.2 Å². The Hall–Kier alpha value is -1.92. The van der Waals surface area contributed by atoms with Crippen LogP contribution < -0.4 is 0 Å². The Labute approximate surface area is 148 Å². The van der Waals surface area contributed by atoms with Gasteiger partial charge in [-0.2, -0.15) is 0 Å². The van der Waals surface area contributed by atoms with E-state index < -0.39 is 17.5 Å². The van der Waals surface area contributed by atoms with Gasteiger partial charge in [0.15, 0.2) is 0 Å². The van der Waals surface area contributed by atoms with Crippen LogP contribution in [-0.4, -0.2) is 54.9 Å². The molecule has 1 aliphatic heterocycles. The molecule has 138 valence electrons. The summed E-state index contributed by atoms with van der Waals surface area (Å²) in [7, 11) is 2.30. The topological polar surface area (TPSA) is 76.1 Å². The second-order valence-corrected chi connectivity index (χ2v) is 6.61. The normalized spacial score (nSPS) is 18.6. The number of rotatable bonds is 7. The summed E-state index contributed by atoms with van der Waals surface area (Å²) < 4.78 is 9.16. The van der Waals surface area contributed by atoms with Gasteiger partial charge in [0.1, 0.15) is 0 Å². The first kappa shape index (κ1) is 19.4. The van der Waals surface area contributed by atoms with Gasteiger partial charge >= 0.3 is 11.9 Å². The van der Waals surface area contributed by atoms with Crippen molar-refractivity contribution in [3.63, 3.8) is 0 Å². The standard InChI is InChI=1S/C19H27NO5/c1-24-17(21)19(23,18(22)25-2)11-10-16-9-6-12-20(14-16)13-15-7-4-3-5-8-15/h3-5,7-8,16,23H,6,9-14H2,1-2H3/t16-/m0/s1. The van der Waals surface area contributed by atoms with Crippen molar-refractivity contribution in [3.8, 4) is 0 Å². The van der Waals surface area contributed by atoms with Crippen LogP contribution in [0.4, 0.5) is 0 Å². The first-order valence-electron chi connectivity index (χ1n) is 8.65. The second kappa shape index (κ2) is 8.97. The molecule has 0 bridgehead atoms. The fraction of sp³-hybridized carbons (Fsp3) is 0.579. The zero-order chi connectivity index (χ0) is 18.3. The third-order valence-electron chi connectivity index (χ3n) is 4.81. The number of carbonyl (C=O) groups is 2. The van der Waals surface area contributed by atoms with Crippen LogP contribution in [0.2, 0.25) is 0 Å². The van der Waals surface area contributed by atoms with E-state index in [1.807, 2.05) is 18.2 Å².